The Morgan fingerprint density at radius 3 is 2.78 bits per heavy atom. The van der Waals surface area contributed by atoms with Crippen LogP contribution < -0.4 is 11.5 Å². The lowest BCUT2D eigenvalue weighted by molar-refractivity contribution is 0.541. The third-order valence-corrected chi connectivity index (χ3v) is 2.82. The van der Waals surface area contributed by atoms with Crippen LogP contribution in [0.15, 0.2) is 18.2 Å². The maximum absolute atomic E-state index is 5.95. The van der Waals surface area contributed by atoms with Crippen LogP contribution in [0, 0.1) is 0 Å². The highest BCUT2D eigenvalue weighted by molar-refractivity contribution is 5.74. The molecule has 4 N–H and O–H groups in total. The fourth-order valence-corrected chi connectivity index (χ4v) is 1.84. The number of hydrogen-bond acceptors (Lipinski definition) is 5. The second kappa shape index (κ2) is 5.48. The number of aromatic nitrogens is 4. The van der Waals surface area contributed by atoms with Crippen LogP contribution in [0.1, 0.15) is 26.2 Å². The number of rotatable bonds is 5. The first-order chi connectivity index (χ1) is 8.72. The third-order valence-electron chi connectivity index (χ3n) is 2.82. The average molecular weight is 246 g/mol. The zero-order valence-electron chi connectivity index (χ0n) is 10.5. The first kappa shape index (κ1) is 12.3. The average Bonchev–Trinajstić information content (AvgIpc) is 2.78. The number of benzene rings is 1. The van der Waals surface area contributed by atoms with Crippen LogP contribution in [0.5, 0.6) is 0 Å². The van der Waals surface area contributed by atoms with E-state index in [0.29, 0.717) is 17.2 Å². The number of aryl methyl sites for hydroxylation is 1. The second-order valence-corrected chi connectivity index (χ2v) is 4.28. The summed E-state index contributed by atoms with van der Waals surface area (Å²) >= 11 is 0. The third kappa shape index (κ3) is 2.58. The molecule has 96 valence electrons. The molecular formula is C12H18N6. The van der Waals surface area contributed by atoms with Gasteiger partial charge in [-0.3, -0.25) is 0 Å². The molecule has 0 atom stereocenters. The predicted molar refractivity (Wildman–Crippen MR) is 71.6 cm³/mol. The first-order valence-corrected chi connectivity index (χ1v) is 6.14. The second-order valence-electron chi connectivity index (χ2n) is 4.28. The van der Waals surface area contributed by atoms with Gasteiger partial charge in [-0.25, -0.2) is 4.68 Å². The van der Waals surface area contributed by atoms with Gasteiger partial charge in [0.1, 0.15) is 0 Å². The summed E-state index contributed by atoms with van der Waals surface area (Å²) in [6.07, 6.45) is 3.39. The summed E-state index contributed by atoms with van der Waals surface area (Å²) in [7, 11) is 0. The van der Waals surface area contributed by atoms with Crippen LogP contribution in [0.3, 0.4) is 0 Å². The molecule has 0 saturated carbocycles. The van der Waals surface area contributed by atoms with E-state index in [2.05, 4.69) is 22.4 Å². The molecular weight excluding hydrogens is 228 g/mol. The number of anilines is 2. The summed E-state index contributed by atoms with van der Waals surface area (Å²) in [4.78, 5) is 0. The van der Waals surface area contributed by atoms with Gasteiger partial charge in [-0.2, -0.15) is 0 Å². The number of nitrogen functional groups attached to an aromatic ring is 2. The summed E-state index contributed by atoms with van der Waals surface area (Å²) in [5.41, 5.74) is 13.7. The van der Waals surface area contributed by atoms with Crippen molar-refractivity contribution in [2.24, 2.45) is 0 Å². The Kier molecular flexibility index (Phi) is 3.76. The molecule has 1 heterocycles. The first-order valence-electron chi connectivity index (χ1n) is 6.14. The van der Waals surface area contributed by atoms with Gasteiger partial charge in [0.15, 0.2) is 5.82 Å². The van der Waals surface area contributed by atoms with E-state index >= 15 is 0 Å². The van der Waals surface area contributed by atoms with Crippen molar-refractivity contribution >= 4 is 11.4 Å². The minimum absolute atomic E-state index is 0.599. The largest absolute Gasteiger partial charge is 0.399 e. The van der Waals surface area contributed by atoms with Gasteiger partial charge in [-0.05, 0) is 35.0 Å². The van der Waals surface area contributed by atoms with Gasteiger partial charge in [0, 0.05) is 23.5 Å². The fraction of sp³-hybridized carbons (Fsp3) is 0.417. The molecule has 0 radical (unpaired) electrons. The van der Waals surface area contributed by atoms with Crippen molar-refractivity contribution in [3.63, 3.8) is 0 Å². The molecule has 2 rings (SSSR count). The van der Waals surface area contributed by atoms with Crippen molar-refractivity contribution in [2.45, 2.75) is 32.7 Å². The number of hydrogen-bond donors (Lipinski definition) is 2. The highest BCUT2D eigenvalue weighted by Crippen LogP contribution is 2.25. The SMILES string of the molecule is CCCCCn1nnnc1-c1ccc(N)cc1N. The van der Waals surface area contributed by atoms with Crippen LogP contribution in [-0.2, 0) is 6.54 Å². The van der Waals surface area contributed by atoms with E-state index in [-0.39, 0.29) is 0 Å². The van der Waals surface area contributed by atoms with Gasteiger partial charge in [0.25, 0.3) is 0 Å². The molecule has 0 aliphatic heterocycles. The molecule has 1 aromatic carbocycles. The quantitative estimate of drug-likeness (QED) is 0.618. The molecule has 0 spiro atoms. The van der Waals surface area contributed by atoms with Gasteiger partial charge in [-0.1, -0.05) is 19.8 Å². The molecule has 0 aliphatic rings. The van der Waals surface area contributed by atoms with Gasteiger partial charge in [0.2, 0.25) is 0 Å². The monoisotopic (exact) mass is 246 g/mol. The summed E-state index contributed by atoms with van der Waals surface area (Å²) in [6, 6.07) is 5.38. The molecule has 0 aliphatic carbocycles. The Morgan fingerprint density at radius 1 is 1.22 bits per heavy atom. The van der Waals surface area contributed by atoms with Crippen LogP contribution in [0.25, 0.3) is 11.4 Å². The van der Waals surface area contributed by atoms with Gasteiger partial charge >= 0.3 is 0 Å². The standard InChI is InChI=1S/C12H18N6/c1-2-3-4-7-18-12(15-16-17-18)10-6-5-9(13)8-11(10)14/h5-6,8H,2-4,7,13-14H2,1H3. The summed E-state index contributed by atoms with van der Waals surface area (Å²) < 4.78 is 1.79. The number of nitrogens with two attached hydrogens (primary N) is 2. The van der Waals surface area contributed by atoms with Crippen molar-refractivity contribution in [3.05, 3.63) is 18.2 Å². The maximum Gasteiger partial charge on any atom is 0.184 e. The van der Waals surface area contributed by atoms with Crippen molar-refractivity contribution < 1.29 is 0 Å². The van der Waals surface area contributed by atoms with Crippen molar-refractivity contribution in [2.75, 3.05) is 11.5 Å². The minimum Gasteiger partial charge on any atom is -0.399 e. The van der Waals surface area contributed by atoms with Gasteiger partial charge in [-0.15, -0.1) is 5.10 Å². The molecule has 0 fully saturated rings. The summed E-state index contributed by atoms with van der Waals surface area (Å²) in [6.45, 7) is 2.97. The number of nitrogens with zero attached hydrogens (tertiary/aromatic N) is 4. The van der Waals surface area contributed by atoms with E-state index in [4.69, 9.17) is 11.5 Å². The van der Waals surface area contributed by atoms with E-state index in [1.54, 1.807) is 16.8 Å². The lowest BCUT2D eigenvalue weighted by Gasteiger charge is -2.07. The minimum atomic E-state index is 0.599. The van der Waals surface area contributed by atoms with Gasteiger partial charge < -0.3 is 11.5 Å². The predicted octanol–water partition coefficient (Wildman–Crippen LogP) is 1.69. The van der Waals surface area contributed by atoms with E-state index in [1.807, 2.05) is 6.07 Å². The molecule has 0 saturated heterocycles. The van der Waals surface area contributed by atoms with E-state index < -0.39 is 0 Å². The molecule has 2 aromatic rings. The normalized spacial score (nSPS) is 10.7. The smallest absolute Gasteiger partial charge is 0.184 e. The summed E-state index contributed by atoms with van der Waals surface area (Å²) in [5, 5.41) is 11.8. The summed E-state index contributed by atoms with van der Waals surface area (Å²) in [5.74, 6) is 0.698. The van der Waals surface area contributed by atoms with E-state index in [1.165, 1.54) is 6.42 Å². The van der Waals surface area contributed by atoms with Crippen LogP contribution in [0.4, 0.5) is 11.4 Å². The Hall–Kier alpha value is -2.11. The van der Waals surface area contributed by atoms with E-state index in [9.17, 15) is 0 Å². The molecule has 1 aromatic heterocycles. The highest BCUT2D eigenvalue weighted by atomic mass is 15.5. The maximum atomic E-state index is 5.95. The van der Waals surface area contributed by atoms with Gasteiger partial charge in [0.05, 0.1) is 0 Å². The number of tetrazole rings is 1. The molecule has 0 unspecified atom stereocenters. The Labute approximate surface area is 106 Å². The Bertz CT molecular complexity index is 519. The zero-order chi connectivity index (χ0) is 13.0. The topological polar surface area (TPSA) is 95.6 Å². The van der Waals surface area contributed by atoms with Crippen molar-refractivity contribution in [1.82, 2.24) is 20.2 Å². The lowest BCUT2D eigenvalue weighted by atomic mass is 10.1. The van der Waals surface area contributed by atoms with Crippen LogP contribution >= 0.6 is 0 Å². The van der Waals surface area contributed by atoms with Crippen molar-refractivity contribution in [3.8, 4) is 11.4 Å². The Morgan fingerprint density at radius 2 is 2.06 bits per heavy atom. The molecule has 0 bridgehead atoms. The van der Waals surface area contributed by atoms with E-state index in [0.717, 1.165) is 24.9 Å². The molecule has 6 heteroatoms. The van der Waals surface area contributed by atoms with Crippen LogP contribution in [-0.4, -0.2) is 20.2 Å². The highest BCUT2D eigenvalue weighted by Gasteiger charge is 2.11. The molecule has 0 amide bonds. The fourth-order valence-electron chi connectivity index (χ4n) is 1.84. The number of unbranched alkanes of at least 4 members (excludes halogenated alkanes) is 2. The lowest BCUT2D eigenvalue weighted by Crippen LogP contribution is -2.04. The van der Waals surface area contributed by atoms with Crippen LogP contribution in [0.2, 0.25) is 0 Å². The molecule has 6 nitrogen and oxygen atoms in total. The van der Waals surface area contributed by atoms with Crippen molar-refractivity contribution in [1.29, 1.82) is 0 Å². The zero-order valence-corrected chi connectivity index (χ0v) is 10.5. The Balaban J connectivity index is 2.25. The molecule has 18 heavy (non-hydrogen) atoms.